The summed E-state index contributed by atoms with van der Waals surface area (Å²) in [5.74, 6) is 0. The monoisotopic (exact) mass is 364 g/mol. The molecule has 2 aromatic carbocycles. The highest BCUT2D eigenvalue weighted by Crippen LogP contribution is 2.32. The average molecular weight is 366 g/mol. The quantitative estimate of drug-likeness (QED) is 0.863. The maximum atomic E-state index is 12.4. The van der Waals surface area contributed by atoms with Crippen LogP contribution >= 0.6 is 34.8 Å². The fourth-order valence-electron chi connectivity index (χ4n) is 1.71. The molecule has 0 unspecified atom stereocenters. The Bertz CT molecular complexity index is 779. The summed E-state index contributed by atoms with van der Waals surface area (Å²) in [6.07, 6.45) is 0. The molecule has 0 saturated heterocycles. The zero-order valence-corrected chi connectivity index (χ0v) is 13.7. The minimum atomic E-state index is -3.90. The number of nitrogens with two attached hydrogens (primary N) is 1. The summed E-state index contributed by atoms with van der Waals surface area (Å²) in [5.41, 5.74) is 6.17. The van der Waals surface area contributed by atoms with E-state index in [1.54, 1.807) is 24.3 Å². The molecule has 0 aromatic heterocycles. The molecule has 0 aliphatic rings. The average Bonchev–Trinajstić information content (AvgIpc) is 2.41. The van der Waals surface area contributed by atoms with Gasteiger partial charge in [-0.2, -0.15) is 0 Å². The van der Waals surface area contributed by atoms with Crippen molar-refractivity contribution in [3.63, 3.8) is 0 Å². The van der Waals surface area contributed by atoms with E-state index in [-0.39, 0.29) is 27.2 Å². The van der Waals surface area contributed by atoms with Crippen LogP contribution in [0, 0.1) is 0 Å². The third kappa shape index (κ3) is 3.44. The number of nitrogens with one attached hydrogen (secondary N) is 1. The lowest BCUT2D eigenvalue weighted by Crippen LogP contribution is -2.15. The SMILES string of the molecule is NCc1c(Cl)ccc(S(=O)(=O)Nc2ccccc2Cl)c1Cl. The van der Waals surface area contributed by atoms with E-state index in [4.69, 9.17) is 40.5 Å². The standard InChI is InChI=1S/C13H11Cl3N2O2S/c14-9-5-6-12(13(16)8(9)7-17)21(19,20)18-11-4-2-1-3-10(11)15/h1-6,18H,7,17H2. The molecule has 2 rings (SSSR count). The van der Waals surface area contributed by atoms with E-state index < -0.39 is 10.0 Å². The molecule has 0 saturated carbocycles. The highest BCUT2D eigenvalue weighted by atomic mass is 35.5. The van der Waals surface area contributed by atoms with Gasteiger partial charge in [0, 0.05) is 17.1 Å². The van der Waals surface area contributed by atoms with Crippen molar-refractivity contribution in [3.8, 4) is 0 Å². The number of hydrogen-bond acceptors (Lipinski definition) is 3. The van der Waals surface area contributed by atoms with Gasteiger partial charge in [-0.1, -0.05) is 46.9 Å². The van der Waals surface area contributed by atoms with Crippen LogP contribution in [0.3, 0.4) is 0 Å². The summed E-state index contributed by atoms with van der Waals surface area (Å²) in [6.45, 7) is 0.0348. The van der Waals surface area contributed by atoms with Gasteiger partial charge in [-0.15, -0.1) is 0 Å². The Balaban J connectivity index is 2.48. The lowest BCUT2D eigenvalue weighted by Gasteiger charge is -2.13. The van der Waals surface area contributed by atoms with Crippen LogP contribution < -0.4 is 10.5 Å². The van der Waals surface area contributed by atoms with Crippen LogP contribution in [0.15, 0.2) is 41.3 Å². The first kappa shape index (κ1) is 16.4. The smallest absolute Gasteiger partial charge is 0.263 e. The topological polar surface area (TPSA) is 72.2 Å². The molecule has 0 atom stereocenters. The molecule has 0 radical (unpaired) electrons. The van der Waals surface area contributed by atoms with Crippen LogP contribution in [-0.4, -0.2) is 8.42 Å². The van der Waals surface area contributed by atoms with E-state index >= 15 is 0 Å². The van der Waals surface area contributed by atoms with Crippen molar-refractivity contribution in [2.75, 3.05) is 4.72 Å². The summed E-state index contributed by atoms with van der Waals surface area (Å²) in [4.78, 5) is -0.103. The Morgan fingerprint density at radius 3 is 2.29 bits per heavy atom. The summed E-state index contributed by atoms with van der Waals surface area (Å²) >= 11 is 18.0. The molecular formula is C13H11Cl3N2O2S. The van der Waals surface area contributed by atoms with Crippen LogP contribution in [0.4, 0.5) is 5.69 Å². The van der Waals surface area contributed by atoms with Crippen molar-refractivity contribution < 1.29 is 8.42 Å². The highest BCUT2D eigenvalue weighted by Gasteiger charge is 2.22. The van der Waals surface area contributed by atoms with Crippen LogP contribution in [-0.2, 0) is 16.6 Å². The largest absolute Gasteiger partial charge is 0.326 e. The third-order valence-corrected chi connectivity index (χ3v) is 5.40. The molecule has 0 fully saturated rings. The minimum Gasteiger partial charge on any atom is -0.326 e. The van der Waals surface area contributed by atoms with Gasteiger partial charge in [-0.25, -0.2) is 8.42 Å². The normalized spacial score (nSPS) is 11.4. The fourth-order valence-corrected chi connectivity index (χ4v) is 3.97. The van der Waals surface area contributed by atoms with Crippen LogP contribution in [0.1, 0.15) is 5.56 Å². The first-order valence-electron chi connectivity index (χ1n) is 5.81. The molecule has 0 aliphatic carbocycles. The van der Waals surface area contributed by atoms with Gasteiger partial charge in [0.05, 0.1) is 15.7 Å². The molecular weight excluding hydrogens is 355 g/mol. The Hall–Kier alpha value is -0.980. The molecule has 0 bridgehead atoms. The number of halogens is 3. The third-order valence-electron chi connectivity index (χ3n) is 2.76. The molecule has 4 nitrogen and oxygen atoms in total. The first-order valence-corrected chi connectivity index (χ1v) is 8.43. The van der Waals surface area contributed by atoms with Gasteiger partial charge in [0.1, 0.15) is 4.90 Å². The summed E-state index contributed by atoms with van der Waals surface area (Å²) < 4.78 is 27.2. The lowest BCUT2D eigenvalue weighted by atomic mass is 10.2. The van der Waals surface area contributed by atoms with Crippen LogP contribution in [0.5, 0.6) is 0 Å². The lowest BCUT2D eigenvalue weighted by molar-refractivity contribution is 0.601. The molecule has 0 amide bonds. The van der Waals surface area contributed by atoms with E-state index in [0.29, 0.717) is 10.6 Å². The van der Waals surface area contributed by atoms with Crippen LogP contribution in [0.25, 0.3) is 0 Å². The number of rotatable bonds is 4. The summed E-state index contributed by atoms with van der Waals surface area (Å²) in [6, 6.07) is 9.25. The number of anilines is 1. The van der Waals surface area contributed by atoms with E-state index in [9.17, 15) is 8.42 Å². The fraction of sp³-hybridized carbons (Fsp3) is 0.0769. The van der Waals surface area contributed by atoms with Gasteiger partial charge in [-0.05, 0) is 24.3 Å². The summed E-state index contributed by atoms with van der Waals surface area (Å²) in [7, 11) is -3.90. The van der Waals surface area contributed by atoms with Crippen molar-refractivity contribution in [2.24, 2.45) is 5.73 Å². The number of para-hydroxylation sites is 1. The molecule has 8 heteroatoms. The maximum Gasteiger partial charge on any atom is 0.263 e. The van der Waals surface area contributed by atoms with E-state index in [1.807, 2.05) is 0 Å². The second-order valence-electron chi connectivity index (χ2n) is 4.13. The number of benzene rings is 2. The Labute approximate surface area is 137 Å². The van der Waals surface area contributed by atoms with Crippen molar-refractivity contribution in [1.29, 1.82) is 0 Å². The van der Waals surface area contributed by atoms with E-state index in [1.165, 1.54) is 12.1 Å². The molecule has 21 heavy (non-hydrogen) atoms. The maximum absolute atomic E-state index is 12.4. The van der Waals surface area contributed by atoms with E-state index in [2.05, 4.69) is 4.72 Å². The molecule has 0 heterocycles. The Morgan fingerprint density at radius 1 is 1.00 bits per heavy atom. The van der Waals surface area contributed by atoms with Gasteiger partial charge in [-0.3, -0.25) is 4.72 Å². The van der Waals surface area contributed by atoms with Gasteiger partial charge in [0.2, 0.25) is 0 Å². The first-order chi connectivity index (χ1) is 9.86. The molecule has 0 aliphatic heterocycles. The van der Waals surface area contributed by atoms with Crippen molar-refractivity contribution in [3.05, 3.63) is 57.0 Å². The zero-order chi connectivity index (χ0) is 15.6. The molecule has 2 aromatic rings. The van der Waals surface area contributed by atoms with Crippen molar-refractivity contribution in [1.82, 2.24) is 0 Å². The summed E-state index contributed by atoms with van der Waals surface area (Å²) in [5, 5.41) is 0.606. The molecule has 112 valence electrons. The Kier molecular flexibility index (Phi) is 5.01. The number of sulfonamides is 1. The Morgan fingerprint density at radius 2 is 1.67 bits per heavy atom. The van der Waals surface area contributed by atoms with E-state index in [0.717, 1.165) is 0 Å². The van der Waals surface area contributed by atoms with Crippen molar-refractivity contribution in [2.45, 2.75) is 11.4 Å². The second kappa shape index (κ2) is 6.42. The molecule has 3 N–H and O–H groups in total. The minimum absolute atomic E-state index is 0.00422. The van der Waals surface area contributed by atoms with Gasteiger partial charge >= 0.3 is 0 Å². The van der Waals surface area contributed by atoms with Gasteiger partial charge in [0.15, 0.2) is 0 Å². The van der Waals surface area contributed by atoms with Gasteiger partial charge < -0.3 is 5.73 Å². The van der Waals surface area contributed by atoms with Crippen LogP contribution in [0.2, 0.25) is 15.1 Å². The molecule has 0 spiro atoms. The van der Waals surface area contributed by atoms with Gasteiger partial charge in [0.25, 0.3) is 10.0 Å². The predicted octanol–water partition coefficient (Wildman–Crippen LogP) is 3.91. The predicted molar refractivity (Wildman–Crippen MR) is 86.6 cm³/mol. The second-order valence-corrected chi connectivity index (χ2v) is 6.97. The zero-order valence-electron chi connectivity index (χ0n) is 10.6. The van der Waals surface area contributed by atoms with Crippen molar-refractivity contribution >= 4 is 50.5 Å². The highest BCUT2D eigenvalue weighted by molar-refractivity contribution is 7.92. The number of hydrogen-bond donors (Lipinski definition) is 2.